The summed E-state index contributed by atoms with van der Waals surface area (Å²) in [4.78, 5) is 0. The molecule has 0 aromatic heterocycles. The van der Waals surface area contributed by atoms with Crippen molar-refractivity contribution in [3.8, 4) is 0 Å². The van der Waals surface area contributed by atoms with Crippen LogP contribution in [0.3, 0.4) is 0 Å². The number of ether oxygens (including phenoxy) is 1. The topological polar surface area (TPSA) is 9.23 Å². The van der Waals surface area contributed by atoms with Crippen LogP contribution >= 0.6 is 0 Å². The molecular weight excluding hydrogens is 338 g/mol. The minimum atomic E-state index is 0. The van der Waals surface area contributed by atoms with Crippen LogP contribution in [0.4, 0.5) is 0 Å². The second-order valence-electron chi connectivity index (χ2n) is 1.32. The van der Waals surface area contributed by atoms with E-state index in [1.54, 1.807) is 0 Å². The molecule has 1 aliphatic heterocycles. The van der Waals surface area contributed by atoms with Gasteiger partial charge in [-0.1, -0.05) is 0 Å². The fourth-order valence-corrected chi connectivity index (χ4v) is 0.510. The van der Waals surface area contributed by atoms with E-state index in [0.29, 0.717) is 0 Å². The standard InChI is InChI=1S/C4H8O.3ClH.Er/c1-2-4-5-3-1;;;;/h1-4H2;3*1H;/q;;;;+3/p-3. The summed E-state index contributed by atoms with van der Waals surface area (Å²) in [6, 6.07) is 0. The maximum Gasteiger partial charge on any atom is 3.00 e. The molecule has 1 heterocycles. The Bertz CT molecular complexity index is 27.4. The van der Waals surface area contributed by atoms with Gasteiger partial charge in [0.1, 0.15) is 0 Å². The molecule has 0 spiro atoms. The molecule has 1 nitrogen and oxygen atoms in total. The Hall–Kier alpha value is 2.08. The molecule has 0 bridgehead atoms. The molecule has 0 aromatic rings. The number of halogens is 3. The van der Waals surface area contributed by atoms with E-state index in [9.17, 15) is 0 Å². The predicted molar refractivity (Wildman–Crippen MR) is 20.1 cm³/mol. The SMILES string of the molecule is C1CCOC1.[Cl-].[Cl-].[Cl-].[Er+3]. The fraction of sp³-hybridized carbons (Fsp3) is 1.00. The van der Waals surface area contributed by atoms with Crippen molar-refractivity contribution in [1.82, 2.24) is 0 Å². The molecule has 1 fully saturated rings. The Morgan fingerprint density at radius 3 is 1.22 bits per heavy atom. The molecule has 0 unspecified atom stereocenters. The Morgan fingerprint density at radius 2 is 1.11 bits per heavy atom. The minimum absolute atomic E-state index is 0. The van der Waals surface area contributed by atoms with Crippen LogP contribution in [0.5, 0.6) is 0 Å². The quantitative estimate of drug-likeness (QED) is 0.424. The van der Waals surface area contributed by atoms with Gasteiger partial charge in [0.2, 0.25) is 0 Å². The van der Waals surface area contributed by atoms with Crippen LogP contribution in [-0.4, -0.2) is 13.2 Å². The van der Waals surface area contributed by atoms with Crippen LogP contribution in [0.15, 0.2) is 0 Å². The van der Waals surface area contributed by atoms with Gasteiger partial charge in [-0.05, 0) is 12.8 Å². The molecule has 0 amide bonds. The molecule has 63 valence electrons. The monoisotopic (exact) mass is 343 g/mol. The molecule has 0 saturated carbocycles. The molecule has 1 radical (unpaired) electrons. The second-order valence-corrected chi connectivity index (χ2v) is 1.32. The Labute approximate surface area is 104 Å². The van der Waals surface area contributed by atoms with E-state index in [2.05, 4.69) is 0 Å². The van der Waals surface area contributed by atoms with Crippen molar-refractivity contribution in [2.24, 2.45) is 0 Å². The van der Waals surface area contributed by atoms with E-state index in [0.717, 1.165) is 13.2 Å². The third-order valence-corrected chi connectivity index (χ3v) is 0.827. The molecule has 5 heteroatoms. The first-order valence-electron chi connectivity index (χ1n) is 2.08. The molecule has 1 saturated heterocycles. The summed E-state index contributed by atoms with van der Waals surface area (Å²) < 4.78 is 4.94. The van der Waals surface area contributed by atoms with Crippen molar-refractivity contribution in [2.75, 3.05) is 13.2 Å². The summed E-state index contributed by atoms with van der Waals surface area (Å²) in [5.41, 5.74) is 0. The van der Waals surface area contributed by atoms with Crippen molar-refractivity contribution in [2.45, 2.75) is 12.8 Å². The van der Waals surface area contributed by atoms with Crippen LogP contribution in [0.2, 0.25) is 0 Å². The third kappa shape index (κ3) is 13.1. The van der Waals surface area contributed by atoms with Gasteiger partial charge in [0.15, 0.2) is 0 Å². The van der Waals surface area contributed by atoms with Gasteiger partial charge in [0.05, 0.1) is 0 Å². The summed E-state index contributed by atoms with van der Waals surface area (Å²) in [6.07, 6.45) is 2.56. The summed E-state index contributed by atoms with van der Waals surface area (Å²) in [5, 5.41) is 0. The first-order chi connectivity index (χ1) is 2.50. The van der Waals surface area contributed by atoms with Crippen LogP contribution < -0.4 is 37.2 Å². The van der Waals surface area contributed by atoms with E-state index in [1.807, 2.05) is 0 Å². The molecule has 9 heavy (non-hydrogen) atoms. The van der Waals surface area contributed by atoms with E-state index in [1.165, 1.54) is 12.8 Å². The molecule has 1 rings (SSSR count). The summed E-state index contributed by atoms with van der Waals surface area (Å²) in [7, 11) is 0. The van der Waals surface area contributed by atoms with E-state index in [-0.39, 0.29) is 74.5 Å². The molecule has 0 aliphatic carbocycles. The van der Waals surface area contributed by atoms with Crippen molar-refractivity contribution in [3.05, 3.63) is 0 Å². The third-order valence-electron chi connectivity index (χ3n) is 0.827. The maximum absolute atomic E-state index is 4.94. The van der Waals surface area contributed by atoms with E-state index in [4.69, 9.17) is 4.74 Å². The minimum Gasteiger partial charge on any atom is -1.00 e. The largest absolute Gasteiger partial charge is 3.00 e. The first-order valence-corrected chi connectivity index (χ1v) is 2.08. The van der Waals surface area contributed by atoms with Gasteiger partial charge in [-0.2, -0.15) is 0 Å². The van der Waals surface area contributed by atoms with Crippen molar-refractivity contribution < 1.29 is 79.3 Å². The first kappa shape index (κ1) is 22.5. The van der Waals surface area contributed by atoms with Crippen LogP contribution in [0.1, 0.15) is 12.8 Å². The average Bonchev–Trinajstić information content (AvgIpc) is 1.76. The number of hydrogen-bond acceptors (Lipinski definition) is 1. The summed E-state index contributed by atoms with van der Waals surface area (Å²) in [6.45, 7) is 2.00. The Balaban J connectivity index is -0.0000000312. The molecule has 0 N–H and O–H groups in total. The van der Waals surface area contributed by atoms with Gasteiger partial charge in [-0.3, -0.25) is 0 Å². The van der Waals surface area contributed by atoms with Gasteiger partial charge in [-0.25, -0.2) is 0 Å². The van der Waals surface area contributed by atoms with Crippen LogP contribution in [0, 0.1) is 37.3 Å². The smallest absolute Gasteiger partial charge is 1.00 e. The predicted octanol–water partition coefficient (Wildman–Crippen LogP) is -8.19. The average molecular weight is 346 g/mol. The van der Waals surface area contributed by atoms with Gasteiger partial charge in [-0.15, -0.1) is 0 Å². The molecule has 1 aliphatic rings. The molecule has 0 aromatic carbocycles. The second kappa shape index (κ2) is 16.6. The number of rotatable bonds is 0. The normalized spacial score (nSPS) is 13.3. The maximum atomic E-state index is 4.94. The molecular formula is C4H8Cl3ErO. The summed E-state index contributed by atoms with van der Waals surface area (Å²) in [5.74, 6) is 0. The van der Waals surface area contributed by atoms with Gasteiger partial charge < -0.3 is 42.0 Å². The van der Waals surface area contributed by atoms with Crippen molar-refractivity contribution >= 4 is 0 Å². The van der Waals surface area contributed by atoms with E-state index < -0.39 is 0 Å². The summed E-state index contributed by atoms with van der Waals surface area (Å²) >= 11 is 0. The fourth-order valence-electron chi connectivity index (χ4n) is 0.510. The zero-order valence-corrected chi connectivity index (χ0v) is 8.78. The Kier molecular flexibility index (Phi) is 41.4. The van der Waals surface area contributed by atoms with E-state index >= 15 is 0 Å². The van der Waals surface area contributed by atoms with Crippen molar-refractivity contribution in [3.63, 3.8) is 0 Å². The zero-order chi connectivity index (χ0) is 3.54. The van der Waals surface area contributed by atoms with Gasteiger partial charge >= 0.3 is 37.3 Å². The number of hydrogen-bond donors (Lipinski definition) is 0. The Morgan fingerprint density at radius 1 is 0.778 bits per heavy atom. The van der Waals surface area contributed by atoms with Gasteiger partial charge in [0, 0.05) is 13.2 Å². The van der Waals surface area contributed by atoms with Crippen molar-refractivity contribution in [1.29, 1.82) is 0 Å². The molecule has 0 atom stereocenters. The van der Waals surface area contributed by atoms with Crippen LogP contribution in [0.25, 0.3) is 0 Å². The zero-order valence-electron chi connectivity index (χ0n) is 4.66. The van der Waals surface area contributed by atoms with Gasteiger partial charge in [0.25, 0.3) is 0 Å². The van der Waals surface area contributed by atoms with Crippen LogP contribution in [-0.2, 0) is 4.74 Å².